The minimum Gasteiger partial charge on any atom is -0.481 e. The summed E-state index contributed by atoms with van der Waals surface area (Å²) in [4.78, 5) is 10.3. The summed E-state index contributed by atoms with van der Waals surface area (Å²) in [6, 6.07) is 0. The molecule has 0 aromatic carbocycles. The van der Waals surface area contributed by atoms with Crippen molar-refractivity contribution < 1.29 is 9.90 Å². The van der Waals surface area contributed by atoms with Gasteiger partial charge >= 0.3 is 5.97 Å². The molecule has 0 radical (unpaired) electrons. The molecule has 1 N–H and O–H groups in total. The molecule has 110 valence electrons. The second kappa shape index (κ2) is 13.9. The van der Waals surface area contributed by atoms with Gasteiger partial charge in [0, 0.05) is 6.42 Å². The Kier molecular flexibility index (Phi) is 13.4. The van der Waals surface area contributed by atoms with E-state index in [9.17, 15) is 4.79 Å². The summed E-state index contributed by atoms with van der Waals surface area (Å²) >= 11 is 3.53. The van der Waals surface area contributed by atoms with Crippen LogP contribution in [0.3, 0.4) is 0 Å². The molecule has 0 bridgehead atoms. The van der Waals surface area contributed by atoms with Gasteiger partial charge in [-0.05, 0) is 43.0 Å². The van der Waals surface area contributed by atoms with Gasteiger partial charge in [-0.25, -0.2) is 0 Å². The molecule has 3 heteroatoms. The summed E-state index contributed by atoms with van der Waals surface area (Å²) < 4.78 is 1.19. The molecule has 0 aromatic heterocycles. The van der Waals surface area contributed by atoms with Gasteiger partial charge in [-0.2, -0.15) is 0 Å². The summed E-state index contributed by atoms with van der Waals surface area (Å²) in [5.41, 5.74) is 0. The van der Waals surface area contributed by atoms with E-state index in [-0.39, 0.29) is 6.42 Å². The van der Waals surface area contributed by atoms with E-state index >= 15 is 0 Å². The monoisotopic (exact) mass is 330 g/mol. The zero-order chi connectivity index (χ0) is 14.3. The van der Waals surface area contributed by atoms with Crippen molar-refractivity contribution in [1.29, 1.82) is 0 Å². The Labute approximate surface area is 126 Å². The van der Waals surface area contributed by atoms with Gasteiger partial charge in [-0.3, -0.25) is 4.79 Å². The smallest absolute Gasteiger partial charge is 0.303 e. The van der Waals surface area contributed by atoms with E-state index in [1.165, 1.54) is 36.6 Å². The molecular formula is C16H27BrO2. The van der Waals surface area contributed by atoms with Crippen LogP contribution in [-0.2, 0) is 4.79 Å². The standard InChI is InChI=1S/C16H27BrO2/c1-2-3-4-5-6-7-8-9-12-15(17)13-10-11-14-16(18)19/h7-8,13H,2-6,9-12,14H2,1H3,(H,18,19)/b8-7-,15-13+. The average molecular weight is 331 g/mol. The zero-order valence-electron chi connectivity index (χ0n) is 12.0. The molecule has 0 saturated carbocycles. The summed E-state index contributed by atoms with van der Waals surface area (Å²) in [6.45, 7) is 2.23. The van der Waals surface area contributed by atoms with Gasteiger partial charge in [0.2, 0.25) is 0 Å². The average Bonchev–Trinajstić information content (AvgIpc) is 2.37. The normalized spacial score (nSPS) is 12.2. The van der Waals surface area contributed by atoms with Crippen LogP contribution in [0.1, 0.15) is 71.1 Å². The number of hydrogen-bond acceptors (Lipinski definition) is 1. The Hall–Kier alpha value is -0.570. The highest BCUT2D eigenvalue weighted by molar-refractivity contribution is 9.11. The topological polar surface area (TPSA) is 37.3 Å². The van der Waals surface area contributed by atoms with Crippen molar-refractivity contribution in [1.82, 2.24) is 0 Å². The summed E-state index contributed by atoms with van der Waals surface area (Å²) in [7, 11) is 0. The highest BCUT2D eigenvalue weighted by Gasteiger charge is 1.95. The van der Waals surface area contributed by atoms with Crippen molar-refractivity contribution in [3.8, 4) is 0 Å². The third-order valence-corrected chi connectivity index (χ3v) is 3.62. The number of hydrogen-bond donors (Lipinski definition) is 1. The van der Waals surface area contributed by atoms with Crippen LogP contribution in [0.15, 0.2) is 22.7 Å². The number of rotatable bonds is 12. The molecule has 19 heavy (non-hydrogen) atoms. The van der Waals surface area contributed by atoms with Crippen LogP contribution >= 0.6 is 15.9 Å². The predicted octanol–water partition coefficient (Wildman–Crippen LogP) is 5.83. The lowest BCUT2D eigenvalue weighted by atomic mass is 10.1. The number of halogens is 1. The van der Waals surface area contributed by atoms with E-state index < -0.39 is 5.97 Å². The Morgan fingerprint density at radius 2 is 1.74 bits per heavy atom. The van der Waals surface area contributed by atoms with Crippen molar-refractivity contribution in [2.45, 2.75) is 71.1 Å². The number of carboxylic acids is 1. The van der Waals surface area contributed by atoms with Crippen molar-refractivity contribution in [2.24, 2.45) is 0 Å². The van der Waals surface area contributed by atoms with Gasteiger partial charge in [-0.15, -0.1) is 0 Å². The van der Waals surface area contributed by atoms with Gasteiger partial charge in [0.1, 0.15) is 0 Å². The lowest BCUT2D eigenvalue weighted by Gasteiger charge is -1.97. The fourth-order valence-electron chi connectivity index (χ4n) is 1.76. The quantitative estimate of drug-likeness (QED) is 0.361. The van der Waals surface area contributed by atoms with E-state index in [2.05, 4.69) is 41.1 Å². The van der Waals surface area contributed by atoms with Crippen molar-refractivity contribution >= 4 is 21.9 Å². The summed E-state index contributed by atoms with van der Waals surface area (Å²) in [5, 5.41) is 8.51. The first-order valence-corrected chi connectivity index (χ1v) is 8.17. The number of carboxylic acid groups (broad SMARTS) is 1. The van der Waals surface area contributed by atoms with Crippen LogP contribution in [0.4, 0.5) is 0 Å². The van der Waals surface area contributed by atoms with Crippen molar-refractivity contribution in [3.05, 3.63) is 22.7 Å². The van der Waals surface area contributed by atoms with Crippen LogP contribution in [0.25, 0.3) is 0 Å². The largest absolute Gasteiger partial charge is 0.481 e. The van der Waals surface area contributed by atoms with Crippen molar-refractivity contribution in [3.63, 3.8) is 0 Å². The maximum absolute atomic E-state index is 10.3. The van der Waals surface area contributed by atoms with Crippen LogP contribution in [0, 0.1) is 0 Å². The molecule has 0 unspecified atom stereocenters. The molecule has 0 heterocycles. The summed E-state index contributed by atoms with van der Waals surface area (Å²) in [6.07, 6.45) is 17.0. The van der Waals surface area contributed by atoms with Gasteiger partial charge in [-0.1, -0.05) is 60.3 Å². The number of unbranched alkanes of at least 4 members (excludes halogenated alkanes) is 5. The van der Waals surface area contributed by atoms with Gasteiger partial charge < -0.3 is 5.11 Å². The first-order valence-electron chi connectivity index (χ1n) is 7.38. The molecule has 0 atom stereocenters. The van der Waals surface area contributed by atoms with E-state index in [1.807, 2.05) is 0 Å². The first-order chi connectivity index (χ1) is 9.16. The number of carbonyl (C=O) groups is 1. The van der Waals surface area contributed by atoms with E-state index in [1.54, 1.807) is 0 Å². The van der Waals surface area contributed by atoms with E-state index in [0.29, 0.717) is 0 Å². The van der Waals surface area contributed by atoms with E-state index in [4.69, 9.17) is 5.11 Å². The Morgan fingerprint density at radius 3 is 2.42 bits per heavy atom. The third kappa shape index (κ3) is 15.4. The fourth-order valence-corrected chi connectivity index (χ4v) is 2.22. The maximum Gasteiger partial charge on any atom is 0.303 e. The first kappa shape index (κ1) is 18.4. The Morgan fingerprint density at radius 1 is 1.00 bits per heavy atom. The molecule has 0 fully saturated rings. The number of aliphatic carboxylic acids is 1. The lowest BCUT2D eigenvalue weighted by molar-refractivity contribution is -0.137. The second-order valence-electron chi connectivity index (χ2n) is 4.80. The highest BCUT2D eigenvalue weighted by atomic mass is 79.9. The van der Waals surface area contributed by atoms with Gasteiger partial charge in [0.15, 0.2) is 0 Å². The molecule has 0 amide bonds. The molecular weight excluding hydrogens is 304 g/mol. The molecule has 0 aliphatic carbocycles. The molecule has 0 spiro atoms. The third-order valence-electron chi connectivity index (χ3n) is 2.90. The molecule has 0 aromatic rings. The predicted molar refractivity (Wildman–Crippen MR) is 85.6 cm³/mol. The van der Waals surface area contributed by atoms with E-state index in [0.717, 1.165) is 25.7 Å². The molecule has 0 aliphatic heterocycles. The Bertz CT molecular complexity index is 282. The van der Waals surface area contributed by atoms with Gasteiger partial charge in [0.25, 0.3) is 0 Å². The van der Waals surface area contributed by atoms with Gasteiger partial charge in [0.05, 0.1) is 0 Å². The molecule has 2 nitrogen and oxygen atoms in total. The lowest BCUT2D eigenvalue weighted by Crippen LogP contribution is -1.92. The highest BCUT2D eigenvalue weighted by Crippen LogP contribution is 2.15. The Balaban J connectivity index is 3.45. The van der Waals surface area contributed by atoms with Crippen LogP contribution in [0.2, 0.25) is 0 Å². The number of allylic oxidation sites excluding steroid dienone is 4. The van der Waals surface area contributed by atoms with Crippen LogP contribution in [0.5, 0.6) is 0 Å². The molecule has 0 rings (SSSR count). The zero-order valence-corrected chi connectivity index (χ0v) is 13.6. The second-order valence-corrected chi connectivity index (χ2v) is 5.81. The van der Waals surface area contributed by atoms with Crippen molar-refractivity contribution in [2.75, 3.05) is 0 Å². The maximum atomic E-state index is 10.3. The minimum absolute atomic E-state index is 0.258. The molecule has 0 saturated heterocycles. The SMILES string of the molecule is CCCCCC/C=C\CC/C(Br)=C\CCCC(=O)O. The fraction of sp³-hybridized carbons (Fsp3) is 0.688. The minimum atomic E-state index is -0.712. The van der Waals surface area contributed by atoms with Crippen LogP contribution < -0.4 is 0 Å². The van der Waals surface area contributed by atoms with Crippen LogP contribution in [-0.4, -0.2) is 11.1 Å². The molecule has 0 aliphatic rings. The summed E-state index contributed by atoms with van der Waals surface area (Å²) in [5.74, 6) is -0.712.